The maximum atomic E-state index is 13.2. The molecule has 0 bridgehead atoms. The van der Waals surface area contributed by atoms with E-state index in [1.807, 2.05) is 31.7 Å². The molecular weight excluding hydrogens is 279 g/mol. The zero-order chi connectivity index (χ0) is 16.3. The summed E-state index contributed by atoms with van der Waals surface area (Å²) in [4.78, 5) is 14.3. The van der Waals surface area contributed by atoms with Gasteiger partial charge in [-0.05, 0) is 48.3 Å². The Hall–Kier alpha value is -1.42. The summed E-state index contributed by atoms with van der Waals surface area (Å²) in [6.45, 7) is 7.48. The third kappa shape index (κ3) is 4.29. The van der Waals surface area contributed by atoms with Crippen molar-refractivity contribution < 1.29 is 9.18 Å². The molecule has 1 heterocycles. The van der Waals surface area contributed by atoms with Crippen molar-refractivity contribution in [3.05, 3.63) is 35.6 Å². The normalized spacial score (nSPS) is 18.3. The second-order valence-corrected chi connectivity index (χ2v) is 7.45. The van der Waals surface area contributed by atoms with Gasteiger partial charge in [0.1, 0.15) is 5.82 Å². The molecule has 0 aliphatic carbocycles. The predicted octanol–water partition coefficient (Wildman–Crippen LogP) is 2.98. The summed E-state index contributed by atoms with van der Waals surface area (Å²) in [5.74, 6) is 0.384. The smallest absolute Gasteiger partial charge is 0.240 e. The number of halogens is 1. The summed E-state index contributed by atoms with van der Waals surface area (Å²) >= 11 is 0. The Labute approximate surface area is 132 Å². The summed E-state index contributed by atoms with van der Waals surface area (Å²) in [5.41, 5.74) is 6.89. The van der Waals surface area contributed by atoms with Crippen LogP contribution in [0.4, 0.5) is 4.39 Å². The van der Waals surface area contributed by atoms with Crippen LogP contribution < -0.4 is 5.73 Å². The second kappa shape index (κ2) is 6.78. The molecule has 4 heteroatoms. The first-order valence-corrected chi connectivity index (χ1v) is 8.06. The highest BCUT2D eigenvalue weighted by Gasteiger charge is 2.32. The molecule has 1 aliphatic rings. The van der Waals surface area contributed by atoms with E-state index in [4.69, 9.17) is 5.73 Å². The van der Waals surface area contributed by atoms with Gasteiger partial charge in [0.25, 0.3) is 0 Å². The number of amides is 1. The number of nitrogens with zero attached hydrogens (tertiary/aromatic N) is 1. The average Bonchev–Trinajstić information content (AvgIpc) is 2.45. The molecule has 22 heavy (non-hydrogen) atoms. The molecule has 2 N–H and O–H groups in total. The monoisotopic (exact) mass is 306 g/mol. The van der Waals surface area contributed by atoms with E-state index < -0.39 is 6.04 Å². The van der Waals surface area contributed by atoms with E-state index in [2.05, 4.69) is 0 Å². The molecule has 0 unspecified atom stereocenters. The van der Waals surface area contributed by atoms with Gasteiger partial charge in [-0.1, -0.05) is 32.9 Å². The van der Waals surface area contributed by atoms with Gasteiger partial charge in [-0.25, -0.2) is 4.39 Å². The van der Waals surface area contributed by atoms with E-state index in [1.165, 1.54) is 6.07 Å². The molecule has 0 saturated carbocycles. The molecule has 1 fully saturated rings. The Bertz CT molecular complexity index is 516. The molecule has 2 rings (SSSR count). The summed E-state index contributed by atoms with van der Waals surface area (Å²) in [5, 5.41) is 0. The molecule has 1 amide bonds. The van der Waals surface area contributed by atoms with Crippen LogP contribution >= 0.6 is 0 Å². The summed E-state index contributed by atoms with van der Waals surface area (Å²) in [6, 6.07) is 6.35. The number of benzene rings is 1. The summed E-state index contributed by atoms with van der Waals surface area (Å²) in [7, 11) is 0. The maximum absolute atomic E-state index is 13.2. The van der Waals surface area contributed by atoms with Gasteiger partial charge in [0.05, 0.1) is 6.04 Å². The van der Waals surface area contributed by atoms with E-state index in [9.17, 15) is 9.18 Å². The molecule has 122 valence electrons. The number of piperidine rings is 1. The molecule has 1 aromatic rings. The molecule has 1 aromatic carbocycles. The first kappa shape index (κ1) is 16.9. The molecule has 1 atom stereocenters. The zero-order valence-corrected chi connectivity index (χ0v) is 13.8. The van der Waals surface area contributed by atoms with Crippen LogP contribution in [0, 0.1) is 17.2 Å². The molecule has 1 aliphatic heterocycles. The minimum Gasteiger partial charge on any atom is -0.341 e. The van der Waals surface area contributed by atoms with Gasteiger partial charge in [-0.3, -0.25) is 4.79 Å². The van der Waals surface area contributed by atoms with Crippen LogP contribution in [0.3, 0.4) is 0 Å². The number of nitrogens with two attached hydrogens (primary N) is 1. The van der Waals surface area contributed by atoms with Crippen molar-refractivity contribution in [2.24, 2.45) is 17.1 Å². The Morgan fingerprint density at radius 2 is 2.00 bits per heavy atom. The van der Waals surface area contributed by atoms with Gasteiger partial charge in [-0.15, -0.1) is 0 Å². The standard InChI is InChI=1S/C18H27FN2O/c1-18(2,3)16(20)17(22)21-9-7-13(8-10-21)11-14-5-4-6-15(19)12-14/h4-6,12-13,16H,7-11,20H2,1-3H3/t16-/m1/s1. The third-order valence-corrected chi connectivity index (χ3v) is 4.54. The number of rotatable bonds is 3. The lowest BCUT2D eigenvalue weighted by molar-refractivity contribution is -0.136. The highest BCUT2D eigenvalue weighted by Crippen LogP contribution is 2.25. The minimum atomic E-state index is -0.452. The first-order valence-electron chi connectivity index (χ1n) is 8.06. The molecule has 0 radical (unpaired) electrons. The van der Waals surface area contributed by atoms with E-state index in [-0.39, 0.29) is 17.1 Å². The average molecular weight is 306 g/mol. The van der Waals surface area contributed by atoms with Crippen LogP contribution in [0.5, 0.6) is 0 Å². The lowest BCUT2D eigenvalue weighted by Gasteiger charge is -2.36. The van der Waals surface area contributed by atoms with Crippen LogP contribution in [-0.4, -0.2) is 29.9 Å². The Morgan fingerprint density at radius 1 is 1.36 bits per heavy atom. The molecular formula is C18H27FN2O. The van der Waals surface area contributed by atoms with Crippen LogP contribution in [0.2, 0.25) is 0 Å². The minimum absolute atomic E-state index is 0.0525. The quantitative estimate of drug-likeness (QED) is 0.933. The van der Waals surface area contributed by atoms with Crippen molar-refractivity contribution in [2.45, 2.75) is 46.1 Å². The van der Waals surface area contributed by atoms with Crippen molar-refractivity contribution in [3.63, 3.8) is 0 Å². The highest BCUT2D eigenvalue weighted by atomic mass is 19.1. The zero-order valence-electron chi connectivity index (χ0n) is 13.8. The van der Waals surface area contributed by atoms with Crippen LogP contribution in [0.25, 0.3) is 0 Å². The topological polar surface area (TPSA) is 46.3 Å². The molecule has 1 saturated heterocycles. The van der Waals surface area contributed by atoms with Crippen molar-refractivity contribution in [3.8, 4) is 0 Å². The van der Waals surface area contributed by atoms with Gasteiger partial charge in [0.15, 0.2) is 0 Å². The van der Waals surface area contributed by atoms with E-state index in [0.29, 0.717) is 5.92 Å². The van der Waals surface area contributed by atoms with Gasteiger partial charge < -0.3 is 10.6 Å². The second-order valence-electron chi connectivity index (χ2n) is 7.45. The molecule has 0 aromatic heterocycles. The number of carbonyl (C=O) groups excluding carboxylic acids is 1. The van der Waals surface area contributed by atoms with E-state index in [0.717, 1.165) is 37.9 Å². The number of likely N-dealkylation sites (tertiary alicyclic amines) is 1. The van der Waals surface area contributed by atoms with Crippen LogP contribution in [0.1, 0.15) is 39.2 Å². The van der Waals surface area contributed by atoms with E-state index >= 15 is 0 Å². The van der Waals surface area contributed by atoms with Gasteiger partial charge in [-0.2, -0.15) is 0 Å². The molecule has 0 spiro atoms. The lowest BCUT2D eigenvalue weighted by atomic mass is 9.85. The van der Waals surface area contributed by atoms with Crippen LogP contribution in [0.15, 0.2) is 24.3 Å². The Morgan fingerprint density at radius 3 is 2.55 bits per heavy atom. The maximum Gasteiger partial charge on any atom is 0.240 e. The Kier molecular flexibility index (Phi) is 5.22. The van der Waals surface area contributed by atoms with Gasteiger partial charge in [0.2, 0.25) is 5.91 Å². The fourth-order valence-corrected chi connectivity index (χ4v) is 2.92. The number of carbonyl (C=O) groups is 1. The lowest BCUT2D eigenvalue weighted by Crippen LogP contribution is -2.52. The van der Waals surface area contributed by atoms with Gasteiger partial charge in [0, 0.05) is 13.1 Å². The highest BCUT2D eigenvalue weighted by molar-refractivity contribution is 5.82. The third-order valence-electron chi connectivity index (χ3n) is 4.54. The van der Waals surface area contributed by atoms with E-state index in [1.54, 1.807) is 12.1 Å². The first-order chi connectivity index (χ1) is 10.3. The fourth-order valence-electron chi connectivity index (χ4n) is 2.92. The predicted molar refractivity (Wildman–Crippen MR) is 86.8 cm³/mol. The summed E-state index contributed by atoms with van der Waals surface area (Å²) in [6.07, 6.45) is 2.79. The fraction of sp³-hybridized carbons (Fsp3) is 0.611. The Balaban J connectivity index is 1.87. The largest absolute Gasteiger partial charge is 0.341 e. The van der Waals surface area contributed by atoms with Crippen molar-refractivity contribution in [1.29, 1.82) is 0 Å². The number of hydrogen-bond donors (Lipinski definition) is 1. The molecule has 3 nitrogen and oxygen atoms in total. The van der Waals surface area contributed by atoms with Crippen molar-refractivity contribution in [2.75, 3.05) is 13.1 Å². The summed E-state index contributed by atoms with van der Waals surface area (Å²) < 4.78 is 13.2. The van der Waals surface area contributed by atoms with Gasteiger partial charge >= 0.3 is 0 Å². The van der Waals surface area contributed by atoms with Crippen molar-refractivity contribution >= 4 is 5.91 Å². The van der Waals surface area contributed by atoms with Crippen molar-refractivity contribution in [1.82, 2.24) is 4.90 Å². The number of hydrogen-bond acceptors (Lipinski definition) is 2. The SMILES string of the molecule is CC(C)(C)[C@H](N)C(=O)N1CCC(Cc2cccc(F)c2)CC1. The van der Waals surface area contributed by atoms with Crippen LogP contribution in [-0.2, 0) is 11.2 Å².